The van der Waals surface area contributed by atoms with Gasteiger partial charge in [-0.15, -0.1) is 0 Å². The third-order valence-corrected chi connectivity index (χ3v) is 24.9. The second kappa shape index (κ2) is 43.0. The zero-order chi connectivity index (χ0) is 70.8. The summed E-state index contributed by atoms with van der Waals surface area (Å²) < 4.78 is 43.0. The summed E-state index contributed by atoms with van der Waals surface area (Å²) in [6.45, 7) is 53.7. The first kappa shape index (κ1) is 84.8. The van der Waals surface area contributed by atoms with E-state index in [0.717, 1.165) is 35.2 Å². The van der Waals surface area contributed by atoms with Gasteiger partial charge >= 0.3 is 0 Å². The average Bonchev–Trinajstić information content (AvgIpc) is 0.843. The summed E-state index contributed by atoms with van der Waals surface area (Å²) >= 11 is 0. The number of methoxy groups -OCH3 is 1. The predicted molar refractivity (Wildman–Crippen MR) is 413 cm³/mol. The molecular weight excluding hydrogens is 1190 g/mol. The molecule has 0 heterocycles. The lowest BCUT2D eigenvalue weighted by Crippen LogP contribution is -2.49. The van der Waals surface area contributed by atoms with Crippen molar-refractivity contribution in [1.82, 2.24) is 0 Å². The third-order valence-electron chi connectivity index (χ3n) is 17.1. The largest absolute Gasteiger partial charge is 0.497 e. The summed E-state index contributed by atoms with van der Waals surface area (Å²) in [5.74, 6) is 6.72. The molecule has 0 aliphatic rings. The zero-order valence-electron chi connectivity index (χ0n) is 62.7. The number of hydrogen-bond acceptors (Lipinski definition) is 5. The van der Waals surface area contributed by atoms with E-state index >= 15 is 0 Å². The van der Waals surface area contributed by atoms with Crippen LogP contribution >= 0.6 is 0 Å². The van der Waals surface area contributed by atoms with Crippen molar-refractivity contribution in [2.24, 2.45) is 11.8 Å². The van der Waals surface area contributed by atoms with E-state index in [9.17, 15) is 12.6 Å². The molecule has 0 N–H and O–H groups in total. The molecule has 0 saturated heterocycles. The van der Waals surface area contributed by atoms with Crippen LogP contribution < -0.4 is 9.92 Å². The minimum atomic E-state index is -3.54. The highest BCUT2D eigenvalue weighted by atomic mass is 32.2. The van der Waals surface area contributed by atoms with Crippen LogP contribution in [0.25, 0.3) is 11.1 Å². The van der Waals surface area contributed by atoms with Crippen LogP contribution in [0, 0.1) is 18.8 Å². The first-order valence-electron chi connectivity index (χ1n) is 33.7. The normalized spacial score (nSPS) is 11.5. The summed E-state index contributed by atoms with van der Waals surface area (Å²) in [7, 11) is -2.89. The van der Waals surface area contributed by atoms with Crippen LogP contribution in [0.4, 0.5) is 0 Å². The molecule has 0 fully saturated rings. The Morgan fingerprint density at radius 2 is 0.656 bits per heavy atom. The van der Waals surface area contributed by atoms with Crippen molar-refractivity contribution in [3.8, 4) is 16.9 Å². The number of rotatable bonds is 14. The molecule has 510 valence electrons. The van der Waals surface area contributed by atoms with Crippen molar-refractivity contribution >= 4 is 34.2 Å². The van der Waals surface area contributed by atoms with E-state index in [1.54, 1.807) is 42.8 Å². The Kier molecular flexibility index (Phi) is 39.2. The molecule has 0 radical (unpaired) electrons. The van der Waals surface area contributed by atoms with Crippen LogP contribution in [-0.2, 0) is 25.1 Å². The van der Waals surface area contributed by atoms with Crippen molar-refractivity contribution < 1.29 is 21.5 Å². The van der Waals surface area contributed by atoms with Crippen LogP contribution in [0.2, 0.25) is 18.1 Å². The summed E-state index contributed by atoms with van der Waals surface area (Å²) in [5, 5.41) is 2.00. The highest BCUT2D eigenvalue weighted by Gasteiger charge is 2.36. The SMILES string of the molecule is CC(C)C(C)C.CC(C)c1ccc(-c2ccccc2)cc1.CC(C)c1ccc(S(C)=O)cc1.CC(C)c1ccc([Si](C)(C)C(C)(C)C)cc1.CC(C)c1ccccc1.COS(=O)(=O)c1ccc(C(C)C)cc1.COc1ccc(C(C)C)cc1.Cc1ccc(C(C)C)cc1. The van der Waals surface area contributed by atoms with Crippen molar-refractivity contribution in [3.63, 3.8) is 0 Å². The maximum Gasteiger partial charge on any atom is 0.296 e. The molecule has 0 aliphatic carbocycles. The van der Waals surface area contributed by atoms with Crippen molar-refractivity contribution in [2.75, 3.05) is 20.5 Å². The topological polar surface area (TPSA) is 69.7 Å². The molecule has 1 atom stereocenters. The van der Waals surface area contributed by atoms with E-state index < -0.39 is 29.0 Å². The number of aryl methyl sites for hydroxylation is 1. The molecule has 8 rings (SSSR count). The van der Waals surface area contributed by atoms with Gasteiger partial charge in [-0.2, -0.15) is 8.42 Å². The highest BCUT2D eigenvalue weighted by Crippen LogP contribution is 2.36. The molecule has 93 heavy (non-hydrogen) atoms. The Hall–Kier alpha value is -6.16. The van der Waals surface area contributed by atoms with Gasteiger partial charge in [0, 0.05) is 22.0 Å². The van der Waals surface area contributed by atoms with Crippen LogP contribution in [0.5, 0.6) is 5.75 Å². The first-order valence-corrected chi connectivity index (χ1v) is 39.7. The Morgan fingerprint density at radius 1 is 0.376 bits per heavy atom. The number of ether oxygens (including phenoxy) is 1. The third kappa shape index (κ3) is 32.7. The van der Waals surface area contributed by atoms with Gasteiger partial charge in [0.2, 0.25) is 0 Å². The molecule has 0 aromatic heterocycles. The van der Waals surface area contributed by atoms with Gasteiger partial charge < -0.3 is 4.74 Å². The lowest BCUT2D eigenvalue weighted by molar-refractivity contribution is 0.397. The average molecular weight is 1320 g/mol. The van der Waals surface area contributed by atoms with E-state index in [-0.39, 0.29) is 4.90 Å². The molecule has 0 aliphatic heterocycles. The van der Waals surface area contributed by atoms with Crippen molar-refractivity contribution in [1.29, 1.82) is 0 Å². The fourth-order valence-electron chi connectivity index (χ4n) is 8.35. The number of benzene rings is 8. The van der Waals surface area contributed by atoms with E-state index in [1.165, 1.54) is 50.1 Å². The quantitative estimate of drug-likeness (QED) is 0.0801. The van der Waals surface area contributed by atoms with E-state index in [2.05, 4.69) is 303 Å². The first-order chi connectivity index (χ1) is 43.4. The second-order valence-corrected chi connectivity index (χ2v) is 36.8. The molecule has 0 saturated carbocycles. The molecule has 0 spiro atoms. The number of hydrogen-bond donors (Lipinski definition) is 0. The standard InChI is InChI=1S/C15H26Si.C15H16.C10H14O3S.C10H14OS.C10H14O.C10H14.C9H12.C6H14/c1-12(2)13-8-10-14(11-9-13)16(6,7)15(3,4)5;1-12(2)13-8-10-15(11-9-13)14-6-4-3-5-7-14;1-8(2)9-4-6-10(7-5-9)14(11,12)13-3;1-8(2)9-4-6-10(7-5-9)12(3)11;1-8(2)9-4-6-10(11-3)7-5-9;1-8(2)10-6-4-9(3)5-7-10;1-8(2)9-6-4-3-5-7-9;1-5(2)6(3)4/h8-12H,1-7H3;3-12H,1-2H3;4-8H,1-3H3;4-8H,1-3H3;4-8H,1-3H3;4-8H,1-3H3;3-8H,1-2H3;5-6H,1-4H3. The Morgan fingerprint density at radius 3 is 0.946 bits per heavy atom. The zero-order valence-corrected chi connectivity index (χ0v) is 65.3. The molecule has 8 aromatic rings. The van der Waals surface area contributed by atoms with Gasteiger partial charge in [0.1, 0.15) is 5.75 Å². The van der Waals surface area contributed by atoms with Crippen LogP contribution in [-0.4, -0.2) is 41.2 Å². The van der Waals surface area contributed by atoms with Gasteiger partial charge in [-0.1, -0.05) is 339 Å². The Labute approximate surface area is 573 Å². The molecule has 8 aromatic carbocycles. The molecular formula is C85H124O5S2Si. The summed E-state index contributed by atoms with van der Waals surface area (Å²) in [5.41, 5.74) is 13.4. The predicted octanol–water partition coefficient (Wildman–Crippen LogP) is 24.7. The van der Waals surface area contributed by atoms with Crippen molar-refractivity contribution in [3.05, 3.63) is 251 Å². The molecule has 1 unspecified atom stereocenters. The smallest absolute Gasteiger partial charge is 0.296 e. The lowest BCUT2D eigenvalue weighted by Gasteiger charge is -2.37. The van der Waals surface area contributed by atoms with E-state index in [0.29, 0.717) is 46.5 Å². The van der Waals surface area contributed by atoms with E-state index in [1.807, 2.05) is 48.5 Å². The minimum absolute atomic E-state index is 0.199. The molecule has 0 bridgehead atoms. The fourth-order valence-corrected chi connectivity index (χ4v) is 11.4. The minimum Gasteiger partial charge on any atom is -0.497 e. The van der Waals surface area contributed by atoms with Gasteiger partial charge in [0.15, 0.2) is 0 Å². The maximum absolute atomic E-state index is 11.3. The van der Waals surface area contributed by atoms with Gasteiger partial charge in [-0.3, -0.25) is 8.39 Å². The maximum atomic E-state index is 11.3. The summed E-state index contributed by atoms with van der Waals surface area (Å²) in [6.07, 6.45) is 1.70. The Bertz CT molecular complexity index is 3330. The van der Waals surface area contributed by atoms with Gasteiger partial charge in [-0.05, 0) is 152 Å². The molecule has 5 nitrogen and oxygen atoms in total. The van der Waals surface area contributed by atoms with Crippen LogP contribution in [0.1, 0.15) is 231 Å². The Balaban J connectivity index is 0.000000538. The summed E-state index contributed by atoms with van der Waals surface area (Å²) in [6, 6.07) is 70.7. The highest BCUT2D eigenvalue weighted by molar-refractivity contribution is 7.86. The molecule has 0 amide bonds. The lowest BCUT2D eigenvalue weighted by atomic mass is 9.99. The van der Waals surface area contributed by atoms with Gasteiger partial charge in [0.25, 0.3) is 10.1 Å². The molecule has 8 heteroatoms. The fraction of sp³-hybridized carbons (Fsp3) is 0.435. The monoisotopic (exact) mass is 1320 g/mol. The van der Waals surface area contributed by atoms with Gasteiger partial charge in [-0.25, -0.2) is 0 Å². The van der Waals surface area contributed by atoms with Gasteiger partial charge in [0.05, 0.1) is 27.2 Å². The van der Waals surface area contributed by atoms with E-state index in [4.69, 9.17) is 4.74 Å². The second-order valence-electron chi connectivity index (χ2n) is 28.4. The van der Waals surface area contributed by atoms with Crippen molar-refractivity contribution in [2.45, 2.75) is 222 Å². The summed E-state index contributed by atoms with van der Waals surface area (Å²) in [4.78, 5) is 1.10. The van der Waals surface area contributed by atoms with Crippen LogP contribution in [0.15, 0.2) is 216 Å². The van der Waals surface area contributed by atoms with Crippen LogP contribution in [0.3, 0.4) is 0 Å².